The van der Waals surface area contributed by atoms with Crippen molar-refractivity contribution in [3.63, 3.8) is 0 Å². The number of pyridine rings is 1. The normalized spacial score (nSPS) is 18.5. The number of piperidine rings is 1. The van der Waals surface area contributed by atoms with Crippen molar-refractivity contribution in [1.82, 2.24) is 20.3 Å². The van der Waals surface area contributed by atoms with Crippen molar-refractivity contribution >= 4 is 38.9 Å². The molecule has 182 valence electrons. The molecular formula is C27H45N5Sn. The zero-order chi connectivity index (χ0) is 23.2. The van der Waals surface area contributed by atoms with Gasteiger partial charge in [0, 0.05) is 0 Å². The SMILES string of the molecule is CCC[CH2][Sn]([CH2]CCC)([CH2]CCC)[c]1nc(N2CCC3(CCNC3)CC2)c2ccncc2n1. The minimum absolute atomic E-state index is 0.524. The summed E-state index contributed by atoms with van der Waals surface area (Å²) in [7, 11) is 0. The van der Waals surface area contributed by atoms with Crippen LogP contribution in [0.5, 0.6) is 0 Å². The molecule has 0 saturated carbocycles. The number of nitrogens with one attached hydrogen (secondary N) is 1. The summed E-state index contributed by atoms with van der Waals surface area (Å²) in [5, 5.41) is 4.82. The zero-order valence-electron chi connectivity index (χ0n) is 21.3. The number of unbranched alkanes of at least 4 members (excludes halogenated alkanes) is 3. The van der Waals surface area contributed by atoms with Gasteiger partial charge in [-0.05, 0) is 0 Å². The Kier molecular flexibility index (Phi) is 8.88. The van der Waals surface area contributed by atoms with E-state index in [1.807, 2.05) is 12.4 Å². The van der Waals surface area contributed by atoms with Crippen LogP contribution in [0.15, 0.2) is 18.5 Å². The quantitative estimate of drug-likeness (QED) is 0.361. The van der Waals surface area contributed by atoms with Crippen LogP contribution in [-0.4, -0.2) is 59.5 Å². The van der Waals surface area contributed by atoms with Gasteiger partial charge in [-0.3, -0.25) is 0 Å². The van der Waals surface area contributed by atoms with Crippen molar-refractivity contribution in [3.8, 4) is 0 Å². The Bertz CT molecular complexity index is 863. The molecule has 5 nitrogen and oxygen atoms in total. The first kappa shape index (κ1) is 25.2. The van der Waals surface area contributed by atoms with Gasteiger partial charge < -0.3 is 0 Å². The summed E-state index contributed by atoms with van der Waals surface area (Å²) >= 11 is -2.72. The van der Waals surface area contributed by atoms with E-state index < -0.39 is 18.4 Å². The molecule has 2 fully saturated rings. The van der Waals surface area contributed by atoms with Crippen molar-refractivity contribution < 1.29 is 0 Å². The second-order valence-corrected chi connectivity index (χ2v) is 23.6. The standard InChI is InChI=1S/C15H18N5.3C4H9.Sn/c1-5-16-9-13-12(1)14(19-11-18-13)20-7-3-15(4-8-20)2-6-17-10-15;3*1-3-4-2;/h1,5,9,17H,2-4,6-8,10H2;3*1,3-4H2,2H3;. The second-order valence-electron chi connectivity index (χ2n) is 10.8. The van der Waals surface area contributed by atoms with Crippen LogP contribution in [0.4, 0.5) is 5.82 Å². The molecule has 0 atom stereocenters. The fourth-order valence-electron chi connectivity index (χ4n) is 6.11. The average Bonchev–Trinajstić information content (AvgIpc) is 3.31. The van der Waals surface area contributed by atoms with E-state index in [2.05, 4.69) is 42.0 Å². The molecule has 6 heteroatoms. The fourth-order valence-corrected chi connectivity index (χ4v) is 21.0. The first-order chi connectivity index (χ1) is 16.2. The second kappa shape index (κ2) is 11.7. The molecule has 2 aromatic rings. The van der Waals surface area contributed by atoms with Gasteiger partial charge >= 0.3 is 206 Å². The van der Waals surface area contributed by atoms with Gasteiger partial charge in [0.2, 0.25) is 0 Å². The third-order valence-electron chi connectivity index (χ3n) is 8.44. The molecule has 0 radical (unpaired) electrons. The molecule has 2 saturated heterocycles. The van der Waals surface area contributed by atoms with Crippen LogP contribution in [0.25, 0.3) is 10.9 Å². The minimum atomic E-state index is -2.72. The predicted octanol–water partition coefficient (Wildman–Crippen LogP) is 5.66. The molecule has 2 aromatic heterocycles. The molecule has 1 spiro atoms. The number of anilines is 1. The van der Waals surface area contributed by atoms with Crippen LogP contribution in [0.1, 0.15) is 78.6 Å². The Morgan fingerprint density at radius 3 is 2.18 bits per heavy atom. The Hall–Kier alpha value is -0.951. The van der Waals surface area contributed by atoms with Gasteiger partial charge in [-0.2, -0.15) is 0 Å². The first-order valence-electron chi connectivity index (χ1n) is 13.7. The Morgan fingerprint density at radius 1 is 0.939 bits per heavy atom. The Labute approximate surface area is 205 Å². The van der Waals surface area contributed by atoms with Crippen molar-refractivity contribution in [1.29, 1.82) is 0 Å². The molecule has 0 aliphatic carbocycles. The van der Waals surface area contributed by atoms with E-state index in [4.69, 9.17) is 9.97 Å². The van der Waals surface area contributed by atoms with Gasteiger partial charge in [0.15, 0.2) is 0 Å². The molecule has 4 heterocycles. The van der Waals surface area contributed by atoms with Crippen LogP contribution < -0.4 is 14.1 Å². The number of hydrogen-bond donors (Lipinski definition) is 1. The molecule has 0 bridgehead atoms. The predicted molar refractivity (Wildman–Crippen MR) is 143 cm³/mol. The molecular weight excluding hydrogens is 513 g/mol. The van der Waals surface area contributed by atoms with Gasteiger partial charge in [0.05, 0.1) is 0 Å². The molecule has 33 heavy (non-hydrogen) atoms. The van der Waals surface area contributed by atoms with Crippen molar-refractivity contribution in [2.75, 3.05) is 31.1 Å². The van der Waals surface area contributed by atoms with Gasteiger partial charge in [0.25, 0.3) is 0 Å². The average molecular weight is 558 g/mol. The molecule has 0 amide bonds. The van der Waals surface area contributed by atoms with E-state index in [-0.39, 0.29) is 0 Å². The van der Waals surface area contributed by atoms with Crippen LogP contribution in [0.2, 0.25) is 13.3 Å². The third-order valence-corrected chi connectivity index (χ3v) is 23.0. The summed E-state index contributed by atoms with van der Waals surface area (Å²) in [6.45, 7) is 11.7. The third kappa shape index (κ3) is 5.66. The molecule has 1 N–H and O–H groups in total. The van der Waals surface area contributed by atoms with E-state index in [9.17, 15) is 0 Å². The van der Waals surface area contributed by atoms with Gasteiger partial charge in [-0.1, -0.05) is 0 Å². The number of rotatable bonds is 11. The van der Waals surface area contributed by atoms with Gasteiger partial charge in [0.1, 0.15) is 0 Å². The summed E-state index contributed by atoms with van der Waals surface area (Å²) in [4.78, 5) is 17.9. The fraction of sp³-hybridized carbons (Fsp3) is 0.741. The van der Waals surface area contributed by atoms with Crippen LogP contribution in [0, 0.1) is 5.41 Å². The van der Waals surface area contributed by atoms with E-state index in [1.54, 1.807) is 0 Å². The molecule has 0 unspecified atom stereocenters. The van der Waals surface area contributed by atoms with Gasteiger partial charge in [-0.25, -0.2) is 0 Å². The summed E-state index contributed by atoms with van der Waals surface area (Å²) in [6, 6.07) is 2.15. The molecule has 4 rings (SSSR count). The zero-order valence-corrected chi connectivity index (χ0v) is 24.2. The molecule has 0 aromatic carbocycles. The Morgan fingerprint density at radius 2 is 1.61 bits per heavy atom. The number of hydrogen-bond acceptors (Lipinski definition) is 5. The van der Waals surface area contributed by atoms with Gasteiger partial charge in [-0.15, -0.1) is 0 Å². The van der Waals surface area contributed by atoms with Crippen molar-refractivity contribution in [2.24, 2.45) is 5.41 Å². The van der Waals surface area contributed by atoms with Crippen LogP contribution in [-0.2, 0) is 0 Å². The Balaban J connectivity index is 1.73. The number of nitrogens with zero attached hydrogens (tertiary/aromatic N) is 4. The molecule has 2 aliphatic heterocycles. The summed E-state index contributed by atoms with van der Waals surface area (Å²) in [6.07, 6.45) is 15.7. The topological polar surface area (TPSA) is 53.9 Å². The van der Waals surface area contributed by atoms with Crippen LogP contribution in [0.3, 0.4) is 0 Å². The maximum absolute atomic E-state index is 5.54. The van der Waals surface area contributed by atoms with E-state index >= 15 is 0 Å². The van der Waals surface area contributed by atoms with E-state index in [1.165, 1.54) is 99.2 Å². The van der Waals surface area contributed by atoms with Crippen LogP contribution >= 0.6 is 0 Å². The van der Waals surface area contributed by atoms with E-state index in [0.717, 1.165) is 18.6 Å². The first-order valence-corrected chi connectivity index (χ1v) is 21.2. The maximum atomic E-state index is 5.54. The monoisotopic (exact) mass is 559 g/mol. The van der Waals surface area contributed by atoms with Crippen molar-refractivity contribution in [2.45, 2.75) is 91.9 Å². The number of aromatic nitrogens is 3. The summed E-state index contributed by atoms with van der Waals surface area (Å²) in [5.41, 5.74) is 1.60. The molecule has 2 aliphatic rings. The van der Waals surface area contributed by atoms with Crippen molar-refractivity contribution in [3.05, 3.63) is 18.5 Å². The summed E-state index contributed by atoms with van der Waals surface area (Å²) in [5.74, 6) is 1.21. The summed E-state index contributed by atoms with van der Waals surface area (Å²) < 4.78 is 5.53. The van der Waals surface area contributed by atoms with E-state index in [0.29, 0.717) is 5.41 Å². The number of fused-ring (bicyclic) bond motifs is 1.